The van der Waals surface area contributed by atoms with Crippen LogP contribution < -0.4 is 10.1 Å². The van der Waals surface area contributed by atoms with Crippen LogP contribution >= 0.6 is 11.6 Å². The molecule has 0 aliphatic heterocycles. The maximum atomic E-state index is 14.0. The molecule has 1 radical (unpaired) electrons. The third kappa shape index (κ3) is 4.90. The first kappa shape index (κ1) is 21.8. The van der Waals surface area contributed by atoms with Crippen LogP contribution in [0.5, 0.6) is 11.6 Å². The summed E-state index contributed by atoms with van der Waals surface area (Å²) in [5.74, 6) is -0.785. The number of benzene rings is 2. The maximum absolute atomic E-state index is 14.0. The van der Waals surface area contributed by atoms with E-state index < -0.39 is 11.6 Å². The van der Waals surface area contributed by atoms with E-state index in [1.165, 1.54) is 12.1 Å². The van der Waals surface area contributed by atoms with E-state index in [0.29, 0.717) is 23.7 Å². The Balaban J connectivity index is 1.60. The summed E-state index contributed by atoms with van der Waals surface area (Å²) < 4.78 is 19.6. The van der Waals surface area contributed by atoms with E-state index in [4.69, 9.17) is 16.3 Å². The number of anilines is 2. The van der Waals surface area contributed by atoms with Crippen LogP contribution in [0, 0.1) is 11.9 Å². The molecule has 4 aromatic rings. The third-order valence-electron chi connectivity index (χ3n) is 4.82. The van der Waals surface area contributed by atoms with Gasteiger partial charge in [-0.2, -0.15) is 0 Å². The Labute approximate surface area is 190 Å². The zero-order valence-corrected chi connectivity index (χ0v) is 18.3. The summed E-state index contributed by atoms with van der Waals surface area (Å²) in [6.45, 7) is 1.36. The van der Waals surface area contributed by atoms with Gasteiger partial charge in [-0.15, -0.1) is 0 Å². The van der Waals surface area contributed by atoms with Crippen molar-refractivity contribution in [2.45, 2.75) is 0 Å². The number of aromatic hydroxyl groups is 1. The zero-order chi connectivity index (χ0) is 22.7. The summed E-state index contributed by atoms with van der Waals surface area (Å²) in [4.78, 5) is 10.7. The summed E-state index contributed by atoms with van der Waals surface area (Å²) in [5, 5.41) is 13.6. The summed E-state index contributed by atoms with van der Waals surface area (Å²) >= 11 is 5.95. The largest absolute Gasteiger partial charge is 0.504 e. The minimum absolute atomic E-state index is 0.0461. The number of phenolic OH excluding ortho intramolecular Hbond substituents is 1. The number of nitrogens with one attached hydrogen (secondary N) is 1. The maximum Gasteiger partial charge on any atom is 0.213 e. The van der Waals surface area contributed by atoms with Crippen LogP contribution in [0.25, 0.3) is 22.0 Å². The monoisotopic (exact) mass is 451 g/mol. The number of halogens is 2. The van der Waals surface area contributed by atoms with Crippen LogP contribution in [0.4, 0.5) is 15.8 Å². The van der Waals surface area contributed by atoms with Crippen molar-refractivity contribution in [1.82, 2.24) is 14.9 Å². The number of hydrogen-bond donors (Lipinski definition) is 2. The summed E-state index contributed by atoms with van der Waals surface area (Å²) in [7, 11) is 3.97. The third-order valence-corrected chi connectivity index (χ3v) is 5.11. The van der Waals surface area contributed by atoms with Crippen molar-refractivity contribution in [3.63, 3.8) is 0 Å². The molecule has 163 valence electrons. The second-order valence-corrected chi connectivity index (χ2v) is 7.87. The van der Waals surface area contributed by atoms with Gasteiger partial charge in [0.15, 0.2) is 11.6 Å². The predicted molar refractivity (Wildman–Crippen MR) is 124 cm³/mol. The molecule has 0 fully saturated rings. The average molecular weight is 452 g/mol. The minimum atomic E-state index is -0.775. The van der Waals surface area contributed by atoms with Gasteiger partial charge in [-0.25, -0.2) is 9.37 Å². The number of likely N-dealkylation sites (N-methyl/N-ethyl adjacent to an activating group) is 1. The van der Waals surface area contributed by atoms with Gasteiger partial charge in [0.1, 0.15) is 6.61 Å². The molecule has 2 aromatic heterocycles. The number of aromatic nitrogens is 2. The van der Waals surface area contributed by atoms with E-state index in [9.17, 15) is 9.50 Å². The second-order valence-electron chi connectivity index (χ2n) is 7.46. The molecule has 6 nitrogen and oxygen atoms in total. The van der Waals surface area contributed by atoms with Gasteiger partial charge in [0.25, 0.3) is 0 Å². The first-order valence-electron chi connectivity index (χ1n) is 9.90. The van der Waals surface area contributed by atoms with E-state index in [2.05, 4.69) is 21.4 Å². The fourth-order valence-corrected chi connectivity index (χ4v) is 3.33. The number of phenols is 1. The van der Waals surface area contributed by atoms with Crippen molar-refractivity contribution < 1.29 is 14.2 Å². The van der Waals surface area contributed by atoms with Crippen molar-refractivity contribution in [2.75, 3.05) is 32.6 Å². The Hall–Kier alpha value is -3.42. The van der Waals surface area contributed by atoms with Crippen molar-refractivity contribution in [3.8, 4) is 22.8 Å². The van der Waals surface area contributed by atoms with Crippen molar-refractivity contribution in [3.05, 3.63) is 71.8 Å². The number of hydrogen-bond acceptors (Lipinski definition) is 6. The van der Waals surface area contributed by atoms with Gasteiger partial charge in [0.05, 0.1) is 28.1 Å². The minimum Gasteiger partial charge on any atom is -0.504 e. The van der Waals surface area contributed by atoms with Crippen molar-refractivity contribution in [2.24, 2.45) is 0 Å². The molecular formula is C24H21ClFN4O2. The molecule has 2 N–H and O–H groups in total. The van der Waals surface area contributed by atoms with Crippen LogP contribution in [0.2, 0.25) is 5.02 Å². The molecule has 8 heteroatoms. The molecule has 0 unspecified atom stereocenters. The molecule has 0 aliphatic carbocycles. The molecule has 0 saturated heterocycles. The Bertz CT molecular complexity index is 1230. The zero-order valence-electron chi connectivity index (χ0n) is 17.6. The van der Waals surface area contributed by atoms with Crippen LogP contribution in [0.3, 0.4) is 0 Å². The molecule has 0 aliphatic rings. The SMILES string of the molecule is CN(C)CCOc1ccc(Nc2[c]cnc3ccc(-c4cc(F)c(O)c(Cl)c4)cc23)cn1. The van der Waals surface area contributed by atoms with Gasteiger partial charge in [-0.1, -0.05) is 17.7 Å². The van der Waals surface area contributed by atoms with Crippen LogP contribution in [0.15, 0.2) is 54.9 Å². The molecule has 2 heterocycles. The summed E-state index contributed by atoms with van der Waals surface area (Å²) in [5.41, 5.74) is 3.48. The molecule has 2 aromatic carbocycles. The molecule has 0 amide bonds. The summed E-state index contributed by atoms with van der Waals surface area (Å²) in [6, 6.07) is 15.1. The predicted octanol–water partition coefficient (Wildman–Crippen LogP) is 5.28. The quantitative estimate of drug-likeness (QED) is 0.398. The van der Waals surface area contributed by atoms with Gasteiger partial charge >= 0.3 is 0 Å². The van der Waals surface area contributed by atoms with Crippen LogP contribution in [-0.4, -0.2) is 47.2 Å². The smallest absolute Gasteiger partial charge is 0.213 e. The molecule has 32 heavy (non-hydrogen) atoms. The van der Waals surface area contributed by atoms with Gasteiger partial charge in [0.2, 0.25) is 5.88 Å². The highest BCUT2D eigenvalue weighted by Gasteiger charge is 2.11. The highest BCUT2D eigenvalue weighted by molar-refractivity contribution is 6.32. The van der Waals surface area contributed by atoms with Crippen LogP contribution in [0.1, 0.15) is 0 Å². The normalized spacial score (nSPS) is 11.2. The van der Waals surface area contributed by atoms with Crippen LogP contribution in [-0.2, 0) is 0 Å². The number of rotatable bonds is 7. The van der Waals surface area contributed by atoms with E-state index in [-0.39, 0.29) is 5.02 Å². The molecule has 0 saturated carbocycles. The lowest BCUT2D eigenvalue weighted by atomic mass is 10.0. The fourth-order valence-electron chi connectivity index (χ4n) is 3.12. The lowest BCUT2D eigenvalue weighted by Crippen LogP contribution is -2.19. The molecule has 4 rings (SSSR count). The number of pyridine rings is 2. The van der Waals surface area contributed by atoms with Crippen molar-refractivity contribution >= 4 is 33.9 Å². The highest BCUT2D eigenvalue weighted by atomic mass is 35.5. The topological polar surface area (TPSA) is 70.5 Å². The van der Waals surface area contributed by atoms with Gasteiger partial charge < -0.3 is 20.1 Å². The van der Waals surface area contributed by atoms with Gasteiger partial charge in [0, 0.05) is 30.3 Å². The summed E-state index contributed by atoms with van der Waals surface area (Å²) in [6.07, 6.45) is 3.28. The average Bonchev–Trinajstić information content (AvgIpc) is 2.78. The van der Waals surface area contributed by atoms with E-state index >= 15 is 0 Å². The molecule has 0 bridgehead atoms. The first-order valence-corrected chi connectivity index (χ1v) is 10.3. The van der Waals surface area contributed by atoms with E-state index in [1.807, 2.05) is 43.3 Å². The Morgan fingerprint density at radius 3 is 2.69 bits per heavy atom. The van der Waals surface area contributed by atoms with Gasteiger partial charge in [-0.05, 0) is 55.6 Å². The molecular weight excluding hydrogens is 431 g/mol. The second kappa shape index (κ2) is 9.38. The standard InChI is InChI=1S/C24H21ClFN4O2/c1-30(2)9-10-32-23-6-4-17(14-28-23)29-22-7-8-27-21-5-3-15(11-18(21)22)16-12-19(25)24(31)20(26)13-16/h3-6,8,11-14,31H,9-10H2,1-2H3,(H,27,29). The number of nitrogens with zero attached hydrogens (tertiary/aromatic N) is 3. The fraction of sp³-hybridized carbons (Fsp3) is 0.167. The van der Waals surface area contributed by atoms with E-state index in [0.717, 1.165) is 28.7 Å². The Morgan fingerprint density at radius 2 is 1.97 bits per heavy atom. The van der Waals surface area contributed by atoms with Crippen molar-refractivity contribution in [1.29, 1.82) is 0 Å². The number of ether oxygens (including phenoxy) is 1. The van der Waals surface area contributed by atoms with Gasteiger partial charge in [-0.3, -0.25) is 4.98 Å². The Morgan fingerprint density at radius 1 is 1.12 bits per heavy atom. The Kier molecular flexibility index (Phi) is 6.39. The highest BCUT2D eigenvalue weighted by Crippen LogP contribution is 2.34. The molecule has 0 atom stereocenters. The number of fused-ring (bicyclic) bond motifs is 1. The first-order chi connectivity index (χ1) is 15.4. The van der Waals surface area contributed by atoms with E-state index in [1.54, 1.807) is 18.5 Å². The molecule has 0 spiro atoms. The lowest BCUT2D eigenvalue weighted by Gasteiger charge is -2.12. The lowest BCUT2D eigenvalue weighted by molar-refractivity contribution is 0.254.